The number of carbonyl (C=O) groups is 2. The molecule has 104 valence electrons. The average Bonchev–Trinajstić information content (AvgIpc) is 2.28. The average molecular weight is 264 g/mol. The van der Waals surface area contributed by atoms with Crippen molar-refractivity contribution in [3.63, 3.8) is 0 Å². The Morgan fingerprint density at radius 3 is 2.58 bits per heavy atom. The molecule has 1 rings (SSSR count). The fourth-order valence-electron chi connectivity index (χ4n) is 1.57. The highest BCUT2D eigenvalue weighted by atomic mass is 16.4. The molecule has 0 aromatic heterocycles. The zero-order chi connectivity index (χ0) is 14.5. The van der Waals surface area contributed by atoms with Gasteiger partial charge in [0.25, 0.3) is 0 Å². The van der Waals surface area contributed by atoms with Crippen LogP contribution in [0.25, 0.3) is 0 Å². The lowest BCUT2D eigenvalue weighted by Gasteiger charge is -2.21. The number of amides is 2. The largest absolute Gasteiger partial charge is 0.480 e. The number of carboxylic acids is 1. The maximum Gasteiger partial charge on any atom is 0.328 e. The summed E-state index contributed by atoms with van der Waals surface area (Å²) in [5.41, 5.74) is 1.04. The van der Waals surface area contributed by atoms with E-state index >= 15 is 0 Å². The highest BCUT2D eigenvalue weighted by Crippen LogP contribution is 2.04. The second-order valence-electron chi connectivity index (χ2n) is 5.05. The number of hydrogen-bond acceptors (Lipinski definition) is 2. The van der Waals surface area contributed by atoms with Gasteiger partial charge in [-0.05, 0) is 32.8 Å². The summed E-state index contributed by atoms with van der Waals surface area (Å²) in [4.78, 5) is 22.4. The standard InChI is InChI=1S/C14H20N2O3/c1-10-5-4-6-11(9-10)7-8-15-13(19)16-14(2,3)12(17)18/h4-6,9H,7-8H2,1-3H3,(H,17,18)(H2,15,16,19). The normalized spacial score (nSPS) is 10.9. The summed E-state index contributed by atoms with van der Waals surface area (Å²) in [5.74, 6) is -1.07. The molecule has 0 aliphatic rings. The molecule has 0 saturated carbocycles. The van der Waals surface area contributed by atoms with E-state index in [1.54, 1.807) is 0 Å². The Labute approximate surface area is 113 Å². The Morgan fingerprint density at radius 2 is 2.00 bits per heavy atom. The molecule has 0 heterocycles. The van der Waals surface area contributed by atoms with Crippen molar-refractivity contribution in [3.8, 4) is 0 Å². The van der Waals surface area contributed by atoms with Crippen LogP contribution in [0.15, 0.2) is 24.3 Å². The smallest absolute Gasteiger partial charge is 0.328 e. The van der Waals surface area contributed by atoms with Crippen LogP contribution in [-0.2, 0) is 11.2 Å². The molecule has 1 aromatic carbocycles. The lowest BCUT2D eigenvalue weighted by molar-refractivity contribution is -0.142. The molecule has 2 amide bonds. The van der Waals surface area contributed by atoms with Crippen LogP contribution in [0.5, 0.6) is 0 Å². The molecule has 0 fully saturated rings. The van der Waals surface area contributed by atoms with E-state index in [1.807, 2.05) is 25.1 Å². The molecule has 5 heteroatoms. The summed E-state index contributed by atoms with van der Waals surface area (Å²) in [6.07, 6.45) is 0.711. The van der Waals surface area contributed by atoms with Gasteiger partial charge in [0.15, 0.2) is 0 Å². The zero-order valence-corrected chi connectivity index (χ0v) is 11.5. The van der Waals surface area contributed by atoms with Crippen LogP contribution in [0.1, 0.15) is 25.0 Å². The minimum Gasteiger partial charge on any atom is -0.480 e. The van der Waals surface area contributed by atoms with Crippen molar-refractivity contribution in [3.05, 3.63) is 35.4 Å². The molecule has 0 unspecified atom stereocenters. The fourth-order valence-corrected chi connectivity index (χ4v) is 1.57. The molecule has 0 bridgehead atoms. The highest BCUT2D eigenvalue weighted by molar-refractivity contribution is 5.85. The van der Waals surface area contributed by atoms with Crippen LogP contribution in [0.4, 0.5) is 4.79 Å². The number of nitrogens with one attached hydrogen (secondary N) is 2. The van der Waals surface area contributed by atoms with Crippen LogP contribution in [-0.4, -0.2) is 29.2 Å². The number of rotatable bonds is 5. The van der Waals surface area contributed by atoms with Crippen molar-refractivity contribution in [2.45, 2.75) is 32.7 Å². The van der Waals surface area contributed by atoms with Gasteiger partial charge in [-0.25, -0.2) is 9.59 Å². The topological polar surface area (TPSA) is 78.4 Å². The molecule has 0 spiro atoms. The first kappa shape index (κ1) is 15.0. The first-order valence-electron chi connectivity index (χ1n) is 6.16. The summed E-state index contributed by atoms with van der Waals surface area (Å²) >= 11 is 0. The quantitative estimate of drug-likeness (QED) is 0.757. The Hall–Kier alpha value is -2.04. The molecular formula is C14H20N2O3. The van der Waals surface area contributed by atoms with Gasteiger partial charge in [-0.2, -0.15) is 0 Å². The van der Waals surface area contributed by atoms with Crippen molar-refractivity contribution in [1.29, 1.82) is 0 Å². The van der Waals surface area contributed by atoms with E-state index in [0.717, 1.165) is 5.56 Å². The molecule has 0 aliphatic carbocycles. The van der Waals surface area contributed by atoms with Crippen LogP contribution >= 0.6 is 0 Å². The summed E-state index contributed by atoms with van der Waals surface area (Å²) in [7, 11) is 0. The van der Waals surface area contributed by atoms with Crippen molar-refractivity contribution < 1.29 is 14.7 Å². The zero-order valence-electron chi connectivity index (χ0n) is 11.5. The number of urea groups is 1. The number of aliphatic carboxylic acids is 1. The van der Waals surface area contributed by atoms with E-state index in [0.29, 0.717) is 13.0 Å². The Kier molecular flexibility index (Phi) is 4.92. The van der Waals surface area contributed by atoms with Gasteiger partial charge in [0.1, 0.15) is 5.54 Å². The van der Waals surface area contributed by atoms with Crippen molar-refractivity contribution in [1.82, 2.24) is 10.6 Å². The lowest BCUT2D eigenvalue weighted by atomic mass is 10.1. The number of hydrogen-bond donors (Lipinski definition) is 3. The van der Waals surface area contributed by atoms with Crippen LogP contribution in [0, 0.1) is 6.92 Å². The SMILES string of the molecule is Cc1cccc(CCNC(=O)NC(C)(C)C(=O)O)c1. The Morgan fingerprint density at radius 1 is 1.32 bits per heavy atom. The van der Waals surface area contributed by atoms with E-state index in [-0.39, 0.29) is 0 Å². The minimum atomic E-state index is -1.27. The third-order valence-corrected chi connectivity index (χ3v) is 2.74. The fraction of sp³-hybridized carbons (Fsp3) is 0.429. The van der Waals surface area contributed by atoms with E-state index in [1.165, 1.54) is 19.4 Å². The number of carbonyl (C=O) groups excluding carboxylic acids is 1. The van der Waals surface area contributed by atoms with Crippen LogP contribution < -0.4 is 10.6 Å². The maximum absolute atomic E-state index is 11.5. The van der Waals surface area contributed by atoms with Crippen LogP contribution in [0.3, 0.4) is 0 Å². The van der Waals surface area contributed by atoms with Gasteiger partial charge < -0.3 is 15.7 Å². The third kappa shape index (κ3) is 4.99. The second kappa shape index (κ2) is 6.22. The number of aryl methyl sites for hydroxylation is 1. The second-order valence-corrected chi connectivity index (χ2v) is 5.05. The molecular weight excluding hydrogens is 244 g/mol. The van der Waals surface area contributed by atoms with Crippen molar-refractivity contribution in [2.75, 3.05) is 6.54 Å². The molecule has 5 nitrogen and oxygen atoms in total. The minimum absolute atomic E-state index is 0.463. The molecule has 0 atom stereocenters. The number of benzene rings is 1. The van der Waals surface area contributed by atoms with Gasteiger partial charge in [0.05, 0.1) is 0 Å². The third-order valence-electron chi connectivity index (χ3n) is 2.74. The van der Waals surface area contributed by atoms with E-state index in [9.17, 15) is 9.59 Å². The Balaban J connectivity index is 2.37. The van der Waals surface area contributed by atoms with Gasteiger partial charge in [-0.15, -0.1) is 0 Å². The van der Waals surface area contributed by atoms with Crippen molar-refractivity contribution >= 4 is 12.0 Å². The van der Waals surface area contributed by atoms with Gasteiger partial charge >= 0.3 is 12.0 Å². The molecule has 0 aliphatic heterocycles. The lowest BCUT2D eigenvalue weighted by Crippen LogP contribution is -2.53. The highest BCUT2D eigenvalue weighted by Gasteiger charge is 2.28. The molecule has 0 radical (unpaired) electrons. The summed E-state index contributed by atoms with van der Waals surface area (Å²) in [6, 6.07) is 7.56. The molecule has 19 heavy (non-hydrogen) atoms. The van der Waals surface area contributed by atoms with Gasteiger partial charge in [-0.1, -0.05) is 29.8 Å². The first-order chi connectivity index (χ1) is 8.81. The number of carboxylic acid groups (broad SMARTS) is 1. The van der Waals surface area contributed by atoms with Gasteiger partial charge in [-0.3, -0.25) is 0 Å². The van der Waals surface area contributed by atoms with Crippen LogP contribution in [0.2, 0.25) is 0 Å². The van der Waals surface area contributed by atoms with E-state index in [2.05, 4.69) is 16.7 Å². The van der Waals surface area contributed by atoms with E-state index in [4.69, 9.17) is 5.11 Å². The maximum atomic E-state index is 11.5. The van der Waals surface area contributed by atoms with Gasteiger partial charge in [0.2, 0.25) is 0 Å². The van der Waals surface area contributed by atoms with E-state index < -0.39 is 17.5 Å². The molecule has 0 saturated heterocycles. The van der Waals surface area contributed by atoms with Gasteiger partial charge in [0, 0.05) is 6.54 Å². The summed E-state index contributed by atoms with van der Waals surface area (Å²) < 4.78 is 0. The predicted molar refractivity (Wildman–Crippen MR) is 73.1 cm³/mol. The van der Waals surface area contributed by atoms with Crippen molar-refractivity contribution in [2.24, 2.45) is 0 Å². The molecule has 1 aromatic rings. The predicted octanol–water partition coefficient (Wildman–Crippen LogP) is 1.70. The summed E-state index contributed by atoms with van der Waals surface area (Å²) in [5, 5.41) is 13.9. The monoisotopic (exact) mass is 264 g/mol. The summed E-state index contributed by atoms with van der Waals surface area (Å²) in [6.45, 7) is 5.36. The molecule has 3 N–H and O–H groups in total. The first-order valence-corrected chi connectivity index (χ1v) is 6.16. The Bertz CT molecular complexity index is 470.